The number of rotatable bonds is 11. The normalized spacial score (nSPS) is 14.6. The number of carbonyl (C=O) groups is 2. The van der Waals surface area contributed by atoms with Gasteiger partial charge in [-0.25, -0.2) is 8.42 Å². The Morgan fingerprint density at radius 3 is 2.29 bits per heavy atom. The second-order valence-electron chi connectivity index (χ2n) is 10.6. The molecule has 10 heteroatoms. The zero-order chi connectivity index (χ0) is 30.3. The molecule has 0 spiro atoms. The Hall–Kier alpha value is -3.56. The molecule has 1 aliphatic carbocycles. The molecule has 1 aliphatic rings. The number of hydrogen-bond donors (Lipinski definition) is 1. The molecule has 1 N–H and O–H groups in total. The highest BCUT2D eigenvalue weighted by Crippen LogP contribution is 2.29. The average molecular weight is 612 g/mol. The Morgan fingerprint density at radius 1 is 1.00 bits per heavy atom. The van der Waals surface area contributed by atoms with Crippen LogP contribution in [0.2, 0.25) is 5.02 Å². The third-order valence-electron chi connectivity index (χ3n) is 7.68. The molecule has 0 unspecified atom stereocenters. The van der Waals surface area contributed by atoms with Crippen LogP contribution < -0.4 is 14.4 Å². The van der Waals surface area contributed by atoms with E-state index >= 15 is 0 Å². The Kier molecular flexibility index (Phi) is 10.5. The van der Waals surface area contributed by atoms with Crippen LogP contribution in [-0.2, 0) is 26.2 Å². The topological polar surface area (TPSA) is 96.0 Å². The summed E-state index contributed by atoms with van der Waals surface area (Å²) < 4.78 is 34.1. The maximum atomic E-state index is 14.1. The van der Waals surface area contributed by atoms with E-state index < -0.39 is 28.5 Å². The lowest BCUT2D eigenvalue weighted by Gasteiger charge is -2.33. The molecule has 0 aliphatic heterocycles. The van der Waals surface area contributed by atoms with E-state index in [1.165, 1.54) is 23.1 Å². The van der Waals surface area contributed by atoms with E-state index in [0.717, 1.165) is 47.5 Å². The van der Waals surface area contributed by atoms with Crippen molar-refractivity contribution in [2.45, 2.75) is 69.5 Å². The smallest absolute Gasteiger partial charge is 0.264 e. The van der Waals surface area contributed by atoms with Crippen molar-refractivity contribution >= 4 is 39.1 Å². The molecule has 0 bridgehead atoms. The summed E-state index contributed by atoms with van der Waals surface area (Å²) in [5.41, 5.74) is 1.81. The summed E-state index contributed by atoms with van der Waals surface area (Å²) >= 11 is 6.39. The minimum atomic E-state index is -4.15. The predicted octanol–water partition coefficient (Wildman–Crippen LogP) is 5.72. The zero-order valence-electron chi connectivity index (χ0n) is 24.3. The van der Waals surface area contributed by atoms with Gasteiger partial charge in [-0.3, -0.25) is 13.9 Å². The van der Waals surface area contributed by atoms with Gasteiger partial charge in [-0.15, -0.1) is 0 Å². The van der Waals surface area contributed by atoms with Crippen LogP contribution in [0.3, 0.4) is 0 Å². The molecule has 224 valence electrons. The number of halogens is 1. The van der Waals surface area contributed by atoms with Crippen molar-refractivity contribution in [3.8, 4) is 5.75 Å². The first kappa shape index (κ1) is 31.4. The van der Waals surface area contributed by atoms with Gasteiger partial charge in [0, 0.05) is 17.6 Å². The van der Waals surface area contributed by atoms with Crippen LogP contribution in [-0.4, -0.2) is 50.9 Å². The van der Waals surface area contributed by atoms with Gasteiger partial charge >= 0.3 is 0 Å². The van der Waals surface area contributed by atoms with Crippen LogP contribution in [0.1, 0.15) is 50.2 Å². The Labute approximate surface area is 253 Å². The number of sulfonamides is 1. The molecule has 0 aromatic heterocycles. The van der Waals surface area contributed by atoms with Crippen molar-refractivity contribution in [1.29, 1.82) is 0 Å². The van der Waals surface area contributed by atoms with E-state index in [2.05, 4.69) is 5.32 Å². The SMILES string of the molecule is COc1ccc(CN(C(=O)CN(c2ccc(C)c(Cl)c2)S(=O)(=O)c2ccccc2)[C@@H](C)C(=O)NC2CCCCC2)cc1. The van der Waals surface area contributed by atoms with Gasteiger partial charge in [0.1, 0.15) is 18.3 Å². The molecule has 2 amide bonds. The fourth-order valence-corrected chi connectivity index (χ4v) is 6.67. The van der Waals surface area contributed by atoms with Gasteiger partial charge in [-0.1, -0.05) is 67.3 Å². The van der Waals surface area contributed by atoms with Gasteiger partial charge in [0.2, 0.25) is 11.8 Å². The van der Waals surface area contributed by atoms with Crippen LogP contribution in [0.5, 0.6) is 5.75 Å². The molecule has 0 saturated heterocycles. The maximum absolute atomic E-state index is 14.1. The summed E-state index contributed by atoms with van der Waals surface area (Å²) in [6, 6.07) is 19.3. The predicted molar refractivity (Wildman–Crippen MR) is 165 cm³/mol. The Morgan fingerprint density at radius 2 is 1.67 bits per heavy atom. The first-order chi connectivity index (χ1) is 20.1. The summed E-state index contributed by atoms with van der Waals surface area (Å²) in [7, 11) is -2.58. The fourth-order valence-electron chi connectivity index (χ4n) is 5.06. The molecule has 1 atom stereocenters. The molecular formula is C32H38ClN3O5S. The highest BCUT2D eigenvalue weighted by atomic mass is 35.5. The van der Waals surface area contributed by atoms with Crippen molar-refractivity contribution in [1.82, 2.24) is 10.2 Å². The second-order valence-corrected chi connectivity index (χ2v) is 12.9. The number of carbonyl (C=O) groups excluding carboxylic acids is 2. The van der Waals surface area contributed by atoms with Gasteiger partial charge in [0.15, 0.2) is 0 Å². The first-order valence-corrected chi connectivity index (χ1v) is 16.0. The van der Waals surface area contributed by atoms with Gasteiger partial charge < -0.3 is 15.0 Å². The number of aryl methyl sites for hydroxylation is 1. The third-order valence-corrected chi connectivity index (χ3v) is 9.88. The number of anilines is 1. The number of benzene rings is 3. The maximum Gasteiger partial charge on any atom is 0.264 e. The van der Waals surface area contributed by atoms with E-state index in [9.17, 15) is 18.0 Å². The molecule has 0 heterocycles. The van der Waals surface area contributed by atoms with Gasteiger partial charge in [0.05, 0.1) is 17.7 Å². The molecule has 3 aromatic rings. The summed E-state index contributed by atoms with van der Waals surface area (Å²) in [5, 5.41) is 3.49. The van der Waals surface area contributed by atoms with Crippen molar-refractivity contribution in [3.05, 3.63) is 88.9 Å². The molecule has 1 fully saturated rings. The number of ether oxygens (including phenoxy) is 1. The van der Waals surface area contributed by atoms with E-state index in [-0.39, 0.29) is 29.1 Å². The quantitative estimate of drug-likeness (QED) is 0.299. The van der Waals surface area contributed by atoms with Crippen molar-refractivity contribution in [2.24, 2.45) is 0 Å². The molecule has 4 rings (SSSR count). The summed E-state index contributed by atoms with van der Waals surface area (Å²) in [6.07, 6.45) is 5.07. The highest BCUT2D eigenvalue weighted by molar-refractivity contribution is 7.92. The second kappa shape index (κ2) is 14.1. The van der Waals surface area contributed by atoms with E-state index in [1.807, 2.05) is 19.1 Å². The van der Waals surface area contributed by atoms with Crippen LogP contribution in [0.4, 0.5) is 5.69 Å². The molecule has 8 nitrogen and oxygen atoms in total. The fraction of sp³-hybridized carbons (Fsp3) is 0.375. The van der Waals surface area contributed by atoms with E-state index in [1.54, 1.807) is 56.5 Å². The lowest BCUT2D eigenvalue weighted by Crippen LogP contribution is -2.53. The number of nitrogens with zero attached hydrogens (tertiary/aromatic N) is 2. The van der Waals surface area contributed by atoms with E-state index in [0.29, 0.717) is 10.8 Å². The zero-order valence-corrected chi connectivity index (χ0v) is 25.8. The minimum Gasteiger partial charge on any atom is -0.497 e. The largest absolute Gasteiger partial charge is 0.497 e. The van der Waals surface area contributed by atoms with Gasteiger partial charge in [-0.05, 0) is 74.2 Å². The summed E-state index contributed by atoms with van der Waals surface area (Å²) in [4.78, 5) is 29.0. The van der Waals surface area contributed by atoms with Crippen LogP contribution >= 0.6 is 11.6 Å². The monoisotopic (exact) mass is 611 g/mol. The average Bonchev–Trinajstić information content (AvgIpc) is 3.00. The summed E-state index contributed by atoms with van der Waals surface area (Å²) in [5.74, 6) is -0.121. The lowest BCUT2D eigenvalue weighted by molar-refractivity contribution is -0.139. The van der Waals surface area contributed by atoms with Gasteiger partial charge in [0.25, 0.3) is 10.0 Å². The Bertz CT molecular complexity index is 1480. The Balaban J connectivity index is 1.68. The minimum absolute atomic E-state index is 0.0410. The molecule has 42 heavy (non-hydrogen) atoms. The number of amides is 2. The molecule has 1 saturated carbocycles. The van der Waals surface area contributed by atoms with Crippen molar-refractivity contribution in [3.63, 3.8) is 0 Å². The summed E-state index contributed by atoms with van der Waals surface area (Å²) in [6.45, 7) is 3.08. The number of hydrogen-bond acceptors (Lipinski definition) is 5. The van der Waals surface area contributed by atoms with E-state index in [4.69, 9.17) is 16.3 Å². The van der Waals surface area contributed by atoms with Crippen LogP contribution in [0.25, 0.3) is 0 Å². The van der Waals surface area contributed by atoms with Gasteiger partial charge in [-0.2, -0.15) is 0 Å². The lowest BCUT2D eigenvalue weighted by atomic mass is 9.95. The molecule has 0 radical (unpaired) electrons. The van der Waals surface area contributed by atoms with Crippen LogP contribution in [0.15, 0.2) is 77.7 Å². The highest BCUT2D eigenvalue weighted by Gasteiger charge is 2.33. The van der Waals surface area contributed by atoms with Crippen LogP contribution in [0, 0.1) is 6.92 Å². The standard InChI is InChI=1S/C32H38ClN3O5S/c1-23-14-17-27(20-30(23)33)36(42(39,40)29-12-8-5-9-13-29)22-31(37)35(21-25-15-18-28(41-3)19-16-25)24(2)32(38)34-26-10-6-4-7-11-26/h5,8-9,12-20,24,26H,4,6-7,10-11,21-22H2,1-3H3,(H,34,38)/t24-/m0/s1. The number of nitrogens with one attached hydrogen (secondary N) is 1. The first-order valence-electron chi connectivity index (χ1n) is 14.2. The number of methoxy groups -OCH3 is 1. The van der Waals surface area contributed by atoms with Crippen molar-refractivity contribution in [2.75, 3.05) is 18.0 Å². The molecular weight excluding hydrogens is 574 g/mol. The molecule has 3 aromatic carbocycles. The van der Waals surface area contributed by atoms with Crippen molar-refractivity contribution < 1.29 is 22.7 Å². The third kappa shape index (κ3) is 7.63.